The summed E-state index contributed by atoms with van der Waals surface area (Å²) in [5.41, 5.74) is 1.23. The number of halogens is 1. The molecule has 7 nitrogen and oxygen atoms in total. The van der Waals surface area contributed by atoms with Crippen LogP contribution in [0.2, 0.25) is 0 Å². The molecule has 5 rings (SSSR count). The molecule has 0 radical (unpaired) electrons. The van der Waals surface area contributed by atoms with E-state index < -0.39 is 0 Å². The van der Waals surface area contributed by atoms with Crippen molar-refractivity contribution >= 4 is 5.91 Å². The minimum atomic E-state index is -0.318. The highest BCUT2D eigenvalue weighted by Gasteiger charge is 2.34. The fourth-order valence-electron chi connectivity index (χ4n) is 3.48. The van der Waals surface area contributed by atoms with E-state index in [1.54, 1.807) is 35.2 Å². The summed E-state index contributed by atoms with van der Waals surface area (Å²) >= 11 is 0. The van der Waals surface area contributed by atoms with E-state index in [4.69, 9.17) is 14.0 Å². The van der Waals surface area contributed by atoms with Gasteiger partial charge in [0.2, 0.25) is 24.4 Å². The van der Waals surface area contributed by atoms with Gasteiger partial charge in [0, 0.05) is 30.6 Å². The Morgan fingerprint density at radius 1 is 1.14 bits per heavy atom. The highest BCUT2D eigenvalue weighted by Crippen LogP contribution is 2.36. The maximum atomic E-state index is 13.9. The lowest BCUT2D eigenvalue weighted by molar-refractivity contribution is -0.128. The molecule has 1 unspecified atom stereocenters. The Morgan fingerprint density at radius 3 is 2.89 bits per heavy atom. The molecule has 2 aromatic carbocycles. The van der Waals surface area contributed by atoms with Crippen LogP contribution in [0, 0.1) is 5.82 Å². The van der Waals surface area contributed by atoms with Gasteiger partial charge in [-0.05, 0) is 24.3 Å². The molecule has 142 valence electrons. The highest BCUT2D eigenvalue weighted by atomic mass is 19.1. The fourth-order valence-corrected chi connectivity index (χ4v) is 3.48. The molecule has 1 saturated heterocycles. The predicted octanol–water partition coefficient (Wildman–Crippen LogP) is 3.12. The average molecular weight is 381 g/mol. The maximum Gasteiger partial charge on any atom is 0.232 e. The molecular weight excluding hydrogens is 365 g/mol. The van der Waals surface area contributed by atoms with E-state index in [1.807, 2.05) is 6.07 Å². The number of fused-ring (bicyclic) bond motifs is 1. The number of nitrogens with zero attached hydrogens (tertiary/aromatic N) is 3. The fraction of sp³-hybridized carbons (Fsp3) is 0.250. The lowest BCUT2D eigenvalue weighted by Gasteiger charge is -2.16. The highest BCUT2D eigenvalue weighted by molar-refractivity contribution is 5.79. The number of rotatable bonds is 4. The Labute approximate surface area is 159 Å². The molecule has 2 aliphatic heterocycles. The van der Waals surface area contributed by atoms with Crippen molar-refractivity contribution in [3.63, 3.8) is 0 Å². The van der Waals surface area contributed by atoms with Crippen LogP contribution < -0.4 is 9.47 Å². The molecule has 1 fully saturated rings. The van der Waals surface area contributed by atoms with Crippen molar-refractivity contribution in [3.05, 3.63) is 59.7 Å². The predicted molar refractivity (Wildman–Crippen MR) is 95.0 cm³/mol. The molecule has 0 spiro atoms. The molecule has 1 atom stereocenters. The van der Waals surface area contributed by atoms with Gasteiger partial charge in [-0.3, -0.25) is 4.79 Å². The van der Waals surface area contributed by atoms with Gasteiger partial charge in [0.05, 0.1) is 5.92 Å². The molecule has 1 amide bonds. The largest absolute Gasteiger partial charge is 0.454 e. The summed E-state index contributed by atoms with van der Waals surface area (Å²) in [4.78, 5) is 18.4. The number of carbonyl (C=O) groups is 1. The van der Waals surface area contributed by atoms with Gasteiger partial charge in [-0.1, -0.05) is 23.4 Å². The minimum absolute atomic E-state index is 0.0592. The second-order valence-corrected chi connectivity index (χ2v) is 6.79. The molecule has 0 aliphatic carbocycles. The lowest BCUT2D eigenvalue weighted by Crippen LogP contribution is -2.24. The van der Waals surface area contributed by atoms with E-state index in [0.29, 0.717) is 35.3 Å². The van der Waals surface area contributed by atoms with Crippen LogP contribution >= 0.6 is 0 Å². The van der Waals surface area contributed by atoms with E-state index in [0.717, 1.165) is 5.56 Å². The first-order valence-electron chi connectivity index (χ1n) is 8.92. The molecule has 0 saturated carbocycles. The van der Waals surface area contributed by atoms with Crippen LogP contribution in [0.5, 0.6) is 11.5 Å². The van der Waals surface area contributed by atoms with Gasteiger partial charge < -0.3 is 18.9 Å². The number of benzene rings is 2. The van der Waals surface area contributed by atoms with Gasteiger partial charge >= 0.3 is 0 Å². The molecule has 28 heavy (non-hydrogen) atoms. The number of carbonyl (C=O) groups excluding carboxylic acids is 1. The molecule has 1 aromatic heterocycles. The standard InChI is InChI=1S/C20H16FN3O4/c21-15-4-2-1-3-13(15)9-24-10-14(8-18(24)25)20-22-19(23-28-20)12-5-6-16-17(7-12)27-11-26-16/h1-7,14H,8-11H2. The Morgan fingerprint density at radius 2 is 2.00 bits per heavy atom. The zero-order chi connectivity index (χ0) is 19.1. The number of aromatic nitrogens is 2. The quantitative estimate of drug-likeness (QED) is 0.691. The molecule has 3 heterocycles. The minimum Gasteiger partial charge on any atom is -0.454 e. The molecule has 8 heteroatoms. The third-order valence-electron chi connectivity index (χ3n) is 4.96. The third-order valence-corrected chi connectivity index (χ3v) is 4.96. The van der Waals surface area contributed by atoms with Crippen molar-refractivity contribution in [1.82, 2.24) is 15.0 Å². The molecular formula is C20H16FN3O4. The number of ether oxygens (including phenoxy) is 2. The van der Waals surface area contributed by atoms with E-state index in [-0.39, 0.29) is 37.4 Å². The normalized spacial score (nSPS) is 18.1. The number of amides is 1. The molecule has 0 N–H and O–H groups in total. The average Bonchev–Trinajstić information content (AvgIpc) is 3.43. The van der Waals surface area contributed by atoms with Crippen LogP contribution in [0.25, 0.3) is 11.4 Å². The van der Waals surface area contributed by atoms with Gasteiger partial charge in [0.1, 0.15) is 5.82 Å². The van der Waals surface area contributed by atoms with Gasteiger partial charge in [-0.25, -0.2) is 4.39 Å². The first-order valence-corrected chi connectivity index (χ1v) is 8.92. The summed E-state index contributed by atoms with van der Waals surface area (Å²) in [6, 6.07) is 11.9. The van der Waals surface area contributed by atoms with Crippen LogP contribution in [0.3, 0.4) is 0 Å². The smallest absolute Gasteiger partial charge is 0.232 e. The lowest BCUT2D eigenvalue weighted by atomic mass is 10.1. The van der Waals surface area contributed by atoms with E-state index in [2.05, 4.69) is 10.1 Å². The Balaban J connectivity index is 1.32. The van der Waals surface area contributed by atoms with E-state index >= 15 is 0 Å². The Hall–Kier alpha value is -3.42. The first kappa shape index (κ1) is 16.7. The SMILES string of the molecule is O=C1CC(c2nc(-c3ccc4c(c3)OCO4)no2)CN1Cc1ccccc1F. The van der Waals surface area contributed by atoms with Gasteiger partial charge in [0.25, 0.3) is 0 Å². The van der Waals surface area contributed by atoms with Crippen LogP contribution in [0.4, 0.5) is 4.39 Å². The van der Waals surface area contributed by atoms with E-state index in [1.165, 1.54) is 6.07 Å². The van der Waals surface area contributed by atoms with Crippen LogP contribution in [0.1, 0.15) is 23.8 Å². The second kappa shape index (κ2) is 6.63. The third kappa shape index (κ3) is 2.96. The van der Waals surface area contributed by atoms with Crippen LogP contribution in [0.15, 0.2) is 47.0 Å². The molecule has 3 aromatic rings. The van der Waals surface area contributed by atoms with E-state index in [9.17, 15) is 9.18 Å². The summed E-state index contributed by atoms with van der Waals surface area (Å²) in [6.45, 7) is 0.833. The molecule has 0 bridgehead atoms. The Kier molecular flexibility index (Phi) is 3.96. The summed E-state index contributed by atoms with van der Waals surface area (Å²) in [6.07, 6.45) is 0.261. The van der Waals surface area contributed by atoms with Crippen LogP contribution in [-0.4, -0.2) is 34.3 Å². The zero-order valence-corrected chi connectivity index (χ0v) is 14.8. The molecule has 2 aliphatic rings. The van der Waals surface area contributed by atoms with Crippen molar-refractivity contribution in [2.45, 2.75) is 18.9 Å². The van der Waals surface area contributed by atoms with Crippen molar-refractivity contribution < 1.29 is 23.2 Å². The topological polar surface area (TPSA) is 77.7 Å². The summed E-state index contributed by atoms with van der Waals surface area (Å²) in [7, 11) is 0. The van der Waals surface area contributed by atoms with Crippen molar-refractivity contribution in [2.24, 2.45) is 0 Å². The number of hydrogen-bond acceptors (Lipinski definition) is 6. The summed E-state index contributed by atoms with van der Waals surface area (Å²) < 4.78 is 30.0. The summed E-state index contributed by atoms with van der Waals surface area (Å²) in [5, 5.41) is 4.03. The number of hydrogen-bond donors (Lipinski definition) is 0. The maximum absolute atomic E-state index is 13.9. The van der Waals surface area contributed by atoms with Crippen molar-refractivity contribution in [1.29, 1.82) is 0 Å². The van der Waals surface area contributed by atoms with Crippen molar-refractivity contribution in [2.75, 3.05) is 13.3 Å². The van der Waals surface area contributed by atoms with Crippen LogP contribution in [-0.2, 0) is 11.3 Å². The van der Waals surface area contributed by atoms with Gasteiger partial charge in [-0.15, -0.1) is 0 Å². The zero-order valence-electron chi connectivity index (χ0n) is 14.8. The summed E-state index contributed by atoms with van der Waals surface area (Å²) in [5.74, 6) is 1.55. The van der Waals surface area contributed by atoms with Gasteiger partial charge in [0.15, 0.2) is 11.5 Å². The van der Waals surface area contributed by atoms with Gasteiger partial charge in [-0.2, -0.15) is 4.98 Å². The Bertz CT molecular complexity index is 1050. The first-order chi connectivity index (χ1) is 13.7. The number of likely N-dealkylation sites (tertiary alicyclic amines) is 1. The monoisotopic (exact) mass is 381 g/mol. The van der Waals surface area contributed by atoms with Crippen molar-refractivity contribution in [3.8, 4) is 22.9 Å². The second-order valence-electron chi connectivity index (χ2n) is 6.79.